The van der Waals surface area contributed by atoms with E-state index in [9.17, 15) is 19.1 Å². The molecule has 2 aromatic heterocycles. The van der Waals surface area contributed by atoms with Crippen molar-refractivity contribution in [3.8, 4) is 11.6 Å². The van der Waals surface area contributed by atoms with Crippen LogP contribution in [-0.2, 0) is 28.9 Å². The van der Waals surface area contributed by atoms with Crippen molar-refractivity contribution in [1.82, 2.24) is 19.1 Å². The minimum Gasteiger partial charge on any atom is -0.493 e. The van der Waals surface area contributed by atoms with E-state index in [-0.39, 0.29) is 31.1 Å². The molecule has 9 heteroatoms. The summed E-state index contributed by atoms with van der Waals surface area (Å²) < 4.78 is 20.5. The first-order valence-corrected chi connectivity index (χ1v) is 8.43. The lowest BCUT2D eigenvalue weighted by Gasteiger charge is -2.06. The SMILES string of the molecule is CCOC(=O)Cc1c(O)n(-c2ccc(F)cc2)c(=O)n1CCc1cnc[nH]1. The zero-order chi connectivity index (χ0) is 19.4. The van der Waals surface area contributed by atoms with Crippen LogP contribution in [0.25, 0.3) is 5.69 Å². The van der Waals surface area contributed by atoms with Gasteiger partial charge in [-0.05, 0) is 31.2 Å². The van der Waals surface area contributed by atoms with Gasteiger partial charge in [0.05, 0.1) is 30.7 Å². The van der Waals surface area contributed by atoms with Gasteiger partial charge in [0.25, 0.3) is 0 Å². The molecule has 0 aliphatic carbocycles. The van der Waals surface area contributed by atoms with E-state index in [1.54, 1.807) is 13.1 Å². The number of aryl methyl sites for hydroxylation is 1. The number of aromatic nitrogens is 4. The Hall–Kier alpha value is -3.36. The molecule has 0 fully saturated rings. The van der Waals surface area contributed by atoms with Crippen LogP contribution in [0.1, 0.15) is 18.3 Å². The van der Waals surface area contributed by atoms with Gasteiger partial charge in [0.15, 0.2) is 0 Å². The van der Waals surface area contributed by atoms with E-state index in [1.165, 1.54) is 35.2 Å². The number of nitrogens with one attached hydrogen (secondary N) is 1. The van der Waals surface area contributed by atoms with Crippen LogP contribution in [0.3, 0.4) is 0 Å². The second-order valence-electron chi connectivity index (χ2n) is 5.82. The topological polar surface area (TPSA) is 102 Å². The molecule has 142 valence electrons. The fraction of sp³-hybridized carbons (Fsp3) is 0.278. The average Bonchev–Trinajstić information content (AvgIpc) is 3.23. The van der Waals surface area contributed by atoms with Crippen molar-refractivity contribution in [2.45, 2.75) is 26.3 Å². The number of carbonyl (C=O) groups excluding carboxylic acids is 1. The molecule has 3 rings (SSSR count). The second kappa shape index (κ2) is 7.90. The molecule has 1 aromatic carbocycles. The Bertz CT molecular complexity index is 974. The zero-order valence-electron chi connectivity index (χ0n) is 14.7. The van der Waals surface area contributed by atoms with Gasteiger partial charge in [-0.1, -0.05) is 0 Å². The van der Waals surface area contributed by atoms with E-state index >= 15 is 0 Å². The van der Waals surface area contributed by atoms with Crippen LogP contribution >= 0.6 is 0 Å². The van der Waals surface area contributed by atoms with Gasteiger partial charge in [-0.2, -0.15) is 0 Å². The molecule has 0 saturated heterocycles. The number of aromatic hydroxyl groups is 1. The number of hydrogen-bond donors (Lipinski definition) is 2. The van der Waals surface area contributed by atoms with E-state index in [1.807, 2.05) is 0 Å². The zero-order valence-corrected chi connectivity index (χ0v) is 14.7. The van der Waals surface area contributed by atoms with Crippen molar-refractivity contribution in [3.63, 3.8) is 0 Å². The third-order valence-corrected chi connectivity index (χ3v) is 4.08. The van der Waals surface area contributed by atoms with Gasteiger partial charge < -0.3 is 14.8 Å². The second-order valence-corrected chi connectivity index (χ2v) is 5.82. The molecule has 2 heterocycles. The summed E-state index contributed by atoms with van der Waals surface area (Å²) in [6.07, 6.45) is 3.35. The molecule has 3 aromatic rings. The largest absolute Gasteiger partial charge is 0.493 e. The summed E-state index contributed by atoms with van der Waals surface area (Å²) in [5.41, 5.74) is 0.711. The Balaban J connectivity index is 2.02. The van der Waals surface area contributed by atoms with Crippen LogP contribution in [0.5, 0.6) is 5.88 Å². The van der Waals surface area contributed by atoms with E-state index in [0.29, 0.717) is 12.1 Å². The summed E-state index contributed by atoms with van der Waals surface area (Å²) in [7, 11) is 0. The minimum atomic E-state index is -0.556. The van der Waals surface area contributed by atoms with Crippen LogP contribution in [0, 0.1) is 5.82 Å². The smallest absolute Gasteiger partial charge is 0.335 e. The first kappa shape index (κ1) is 18.4. The van der Waals surface area contributed by atoms with Crippen LogP contribution in [0.15, 0.2) is 41.6 Å². The molecule has 0 radical (unpaired) electrons. The summed E-state index contributed by atoms with van der Waals surface area (Å²) in [5, 5.41) is 10.6. The van der Waals surface area contributed by atoms with Crippen LogP contribution < -0.4 is 5.69 Å². The highest BCUT2D eigenvalue weighted by atomic mass is 19.1. The molecule has 0 saturated carbocycles. The molecule has 8 nitrogen and oxygen atoms in total. The highest BCUT2D eigenvalue weighted by Gasteiger charge is 2.23. The fourth-order valence-corrected chi connectivity index (χ4v) is 2.81. The average molecular weight is 374 g/mol. The Kier molecular flexibility index (Phi) is 5.39. The minimum absolute atomic E-state index is 0.141. The summed E-state index contributed by atoms with van der Waals surface area (Å²) in [5.74, 6) is -1.39. The number of imidazole rings is 2. The number of H-pyrrole nitrogens is 1. The molecular formula is C18H19FN4O4. The van der Waals surface area contributed by atoms with Gasteiger partial charge in [0, 0.05) is 24.9 Å². The van der Waals surface area contributed by atoms with E-state index in [4.69, 9.17) is 4.74 Å². The molecule has 0 aliphatic heterocycles. The molecule has 0 atom stereocenters. The molecule has 2 N–H and O–H groups in total. The summed E-state index contributed by atoms with van der Waals surface area (Å²) in [4.78, 5) is 31.7. The molecule has 27 heavy (non-hydrogen) atoms. The molecule has 0 unspecified atom stereocenters. The number of benzene rings is 1. The maximum atomic E-state index is 13.2. The van der Waals surface area contributed by atoms with Crippen molar-refractivity contribution in [2.75, 3.05) is 6.61 Å². The van der Waals surface area contributed by atoms with Crippen LogP contribution in [0.2, 0.25) is 0 Å². The summed E-state index contributed by atoms with van der Waals surface area (Å²) >= 11 is 0. The van der Waals surface area contributed by atoms with Gasteiger partial charge in [-0.15, -0.1) is 0 Å². The van der Waals surface area contributed by atoms with Gasteiger partial charge >= 0.3 is 11.7 Å². The van der Waals surface area contributed by atoms with Crippen molar-refractivity contribution < 1.29 is 19.0 Å². The van der Waals surface area contributed by atoms with Crippen LogP contribution in [0.4, 0.5) is 4.39 Å². The maximum absolute atomic E-state index is 13.2. The highest BCUT2D eigenvalue weighted by molar-refractivity contribution is 5.72. The van der Waals surface area contributed by atoms with Crippen molar-refractivity contribution in [1.29, 1.82) is 0 Å². The predicted molar refractivity (Wildman–Crippen MR) is 94.3 cm³/mol. The monoisotopic (exact) mass is 374 g/mol. The van der Waals surface area contributed by atoms with E-state index < -0.39 is 17.5 Å². The van der Waals surface area contributed by atoms with Gasteiger partial charge in [-0.3, -0.25) is 9.36 Å². The summed E-state index contributed by atoms with van der Waals surface area (Å²) in [6.45, 7) is 2.08. The molecule has 0 aliphatic rings. The van der Waals surface area contributed by atoms with Gasteiger partial charge in [0.1, 0.15) is 5.82 Å². The Morgan fingerprint density at radius 1 is 1.33 bits per heavy atom. The molecular weight excluding hydrogens is 355 g/mol. The number of halogens is 1. The normalized spacial score (nSPS) is 10.9. The number of aromatic amines is 1. The number of ether oxygens (including phenoxy) is 1. The number of nitrogens with zero attached hydrogens (tertiary/aromatic N) is 3. The van der Waals surface area contributed by atoms with Gasteiger partial charge in [-0.25, -0.2) is 18.7 Å². The van der Waals surface area contributed by atoms with Crippen molar-refractivity contribution in [2.24, 2.45) is 0 Å². The Morgan fingerprint density at radius 2 is 2.07 bits per heavy atom. The first-order valence-electron chi connectivity index (χ1n) is 8.43. The third-order valence-electron chi connectivity index (χ3n) is 4.08. The van der Waals surface area contributed by atoms with E-state index in [2.05, 4.69) is 9.97 Å². The molecule has 0 amide bonds. The van der Waals surface area contributed by atoms with Crippen molar-refractivity contribution >= 4 is 5.97 Å². The first-order chi connectivity index (χ1) is 13.0. The van der Waals surface area contributed by atoms with Gasteiger partial charge in [0.2, 0.25) is 5.88 Å². The highest BCUT2D eigenvalue weighted by Crippen LogP contribution is 2.22. The number of esters is 1. The number of hydrogen-bond acceptors (Lipinski definition) is 5. The quantitative estimate of drug-likeness (QED) is 0.611. The summed E-state index contributed by atoms with van der Waals surface area (Å²) in [6, 6.07) is 5.13. The lowest BCUT2D eigenvalue weighted by Crippen LogP contribution is -2.26. The maximum Gasteiger partial charge on any atom is 0.335 e. The third kappa shape index (κ3) is 3.91. The Morgan fingerprint density at radius 3 is 2.70 bits per heavy atom. The van der Waals surface area contributed by atoms with Crippen molar-refractivity contribution in [3.05, 3.63) is 64.5 Å². The van der Waals surface area contributed by atoms with Crippen LogP contribution in [-0.4, -0.2) is 36.8 Å². The van der Waals surface area contributed by atoms with E-state index in [0.717, 1.165) is 10.3 Å². The molecule has 0 bridgehead atoms. The Labute approximate surface area is 153 Å². The predicted octanol–water partition coefficient (Wildman–Crippen LogP) is 1.56. The lowest BCUT2D eigenvalue weighted by atomic mass is 10.2. The number of rotatable bonds is 7. The standard InChI is InChI=1S/C18H19FN4O4/c1-2-27-16(24)9-15-17(25)23(14-5-3-12(19)4-6-14)18(26)22(15)8-7-13-10-20-11-21-13/h3-6,10-11,25H,2,7-9H2,1H3,(H,20,21). The molecule has 0 spiro atoms. The fourth-order valence-electron chi connectivity index (χ4n) is 2.81. The lowest BCUT2D eigenvalue weighted by molar-refractivity contribution is -0.142. The number of carbonyl (C=O) groups is 1.